The third kappa shape index (κ3) is 4.86. The third-order valence-electron chi connectivity index (χ3n) is 6.60. The minimum absolute atomic E-state index is 0.0674. The molecule has 3 rings (SSSR count). The molecule has 2 aliphatic rings. The van der Waals surface area contributed by atoms with E-state index in [1.54, 1.807) is 0 Å². The molecule has 0 bridgehead atoms. The minimum atomic E-state index is -0.145. The summed E-state index contributed by atoms with van der Waals surface area (Å²) in [5.74, 6) is -0.529. The van der Waals surface area contributed by atoms with Gasteiger partial charge in [-0.2, -0.15) is 0 Å². The molecule has 6 nitrogen and oxygen atoms in total. The zero-order valence-electron chi connectivity index (χ0n) is 17.7. The third-order valence-corrected chi connectivity index (χ3v) is 6.60. The molecule has 1 aliphatic heterocycles. The Kier molecular flexibility index (Phi) is 7.42. The van der Waals surface area contributed by atoms with Crippen molar-refractivity contribution < 1.29 is 19.3 Å². The first-order valence-electron chi connectivity index (χ1n) is 11.1. The first-order valence-corrected chi connectivity index (χ1v) is 11.1. The number of imide groups is 1. The Balaban J connectivity index is 1.54. The van der Waals surface area contributed by atoms with Crippen LogP contribution in [0.15, 0.2) is 30.3 Å². The monoisotopic (exact) mass is 400 g/mol. The molecule has 3 atom stereocenters. The predicted molar refractivity (Wildman–Crippen MR) is 111 cm³/mol. The summed E-state index contributed by atoms with van der Waals surface area (Å²) < 4.78 is 0. The standard InChI is InChI=1S/C23H33N3O3/c1-3-25(4-2)20(17-10-6-5-7-11-17)16-24-21(27)14-15-26-22(28)18-12-8-9-13-19(18)23(26)29/h5-7,10-11,18-20H,3-4,8-9,12-16H2,1-2H3,(H,24,27)/p+1/t18-,19+,20-/m1/s1. The van der Waals surface area contributed by atoms with Crippen molar-refractivity contribution in [1.82, 2.24) is 10.2 Å². The number of benzene rings is 1. The van der Waals surface area contributed by atoms with E-state index >= 15 is 0 Å². The van der Waals surface area contributed by atoms with E-state index in [1.165, 1.54) is 15.4 Å². The van der Waals surface area contributed by atoms with E-state index in [0.29, 0.717) is 6.54 Å². The Labute approximate surface area is 173 Å². The number of hydrogen-bond donors (Lipinski definition) is 2. The zero-order chi connectivity index (χ0) is 20.8. The van der Waals surface area contributed by atoms with E-state index < -0.39 is 0 Å². The quantitative estimate of drug-likeness (QED) is 0.615. The summed E-state index contributed by atoms with van der Waals surface area (Å²) in [6.45, 7) is 7.01. The second-order valence-electron chi connectivity index (χ2n) is 8.21. The molecule has 6 heteroatoms. The lowest BCUT2D eigenvalue weighted by Gasteiger charge is -2.27. The molecule has 0 aromatic heterocycles. The van der Waals surface area contributed by atoms with Crippen molar-refractivity contribution in [2.75, 3.05) is 26.2 Å². The van der Waals surface area contributed by atoms with E-state index in [4.69, 9.17) is 0 Å². The number of carbonyl (C=O) groups excluding carboxylic acids is 3. The summed E-state index contributed by atoms with van der Waals surface area (Å²) in [5.41, 5.74) is 1.21. The number of nitrogens with zero attached hydrogens (tertiary/aromatic N) is 1. The van der Waals surface area contributed by atoms with Crippen LogP contribution in [0, 0.1) is 11.8 Å². The Morgan fingerprint density at radius 1 is 1.07 bits per heavy atom. The maximum atomic E-state index is 12.6. The van der Waals surface area contributed by atoms with E-state index in [2.05, 4.69) is 31.3 Å². The molecular formula is C23H34N3O3+. The van der Waals surface area contributed by atoms with Crippen LogP contribution >= 0.6 is 0 Å². The van der Waals surface area contributed by atoms with Crippen LogP contribution in [0.25, 0.3) is 0 Å². The van der Waals surface area contributed by atoms with E-state index in [9.17, 15) is 14.4 Å². The number of amides is 3. The highest BCUT2D eigenvalue weighted by molar-refractivity contribution is 6.05. The molecule has 2 N–H and O–H groups in total. The number of quaternary nitrogens is 1. The van der Waals surface area contributed by atoms with Crippen LogP contribution < -0.4 is 10.2 Å². The van der Waals surface area contributed by atoms with Crippen molar-refractivity contribution in [2.45, 2.75) is 52.0 Å². The largest absolute Gasteiger partial charge is 0.350 e. The van der Waals surface area contributed by atoms with Gasteiger partial charge >= 0.3 is 0 Å². The predicted octanol–water partition coefficient (Wildman–Crippen LogP) is 1.33. The van der Waals surface area contributed by atoms with E-state index in [-0.39, 0.29) is 48.6 Å². The maximum Gasteiger partial charge on any atom is 0.233 e. The molecule has 1 aliphatic carbocycles. The molecule has 1 saturated carbocycles. The number of rotatable bonds is 9. The van der Waals surface area contributed by atoms with Gasteiger partial charge in [-0.15, -0.1) is 0 Å². The van der Waals surface area contributed by atoms with Crippen LogP contribution in [0.3, 0.4) is 0 Å². The van der Waals surface area contributed by atoms with Crippen LogP contribution in [0.2, 0.25) is 0 Å². The lowest BCUT2D eigenvalue weighted by atomic mass is 9.81. The van der Waals surface area contributed by atoms with E-state index in [1.807, 2.05) is 18.2 Å². The Morgan fingerprint density at radius 3 is 2.21 bits per heavy atom. The summed E-state index contributed by atoms with van der Waals surface area (Å²) in [6.07, 6.45) is 3.82. The van der Waals surface area contributed by atoms with Crippen molar-refractivity contribution in [3.8, 4) is 0 Å². The summed E-state index contributed by atoms with van der Waals surface area (Å²) in [7, 11) is 0. The van der Waals surface area contributed by atoms with Crippen LogP contribution in [-0.2, 0) is 14.4 Å². The van der Waals surface area contributed by atoms with Gasteiger partial charge in [0.15, 0.2) is 0 Å². The molecule has 0 radical (unpaired) electrons. The zero-order valence-corrected chi connectivity index (χ0v) is 17.7. The first kappa shape index (κ1) is 21.5. The number of hydrogen-bond acceptors (Lipinski definition) is 3. The van der Waals surface area contributed by atoms with Crippen LogP contribution in [-0.4, -0.2) is 48.8 Å². The fourth-order valence-corrected chi connectivity index (χ4v) is 4.90. The smallest absolute Gasteiger partial charge is 0.233 e. The van der Waals surface area contributed by atoms with Crippen molar-refractivity contribution in [1.29, 1.82) is 0 Å². The Morgan fingerprint density at radius 2 is 1.66 bits per heavy atom. The number of likely N-dealkylation sites (N-methyl/N-ethyl adjacent to an activating group) is 1. The van der Waals surface area contributed by atoms with Gasteiger partial charge in [0, 0.05) is 18.5 Å². The molecule has 2 fully saturated rings. The summed E-state index contributed by atoms with van der Waals surface area (Å²) in [6, 6.07) is 10.4. The molecule has 1 aromatic carbocycles. The SMILES string of the molecule is CC[NH+](CC)[C@H](CNC(=O)CCN1C(=O)[C@H]2CCCC[C@H]2C1=O)c1ccccc1. The molecule has 158 valence electrons. The van der Waals surface area contributed by atoms with Gasteiger partial charge in [-0.3, -0.25) is 19.3 Å². The average Bonchev–Trinajstić information content (AvgIpc) is 3.00. The molecule has 3 amide bonds. The molecule has 29 heavy (non-hydrogen) atoms. The second-order valence-corrected chi connectivity index (χ2v) is 8.21. The molecule has 1 saturated heterocycles. The summed E-state index contributed by atoms with van der Waals surface area (Å²) >= 11 is 0. The van der Waals surface area contributed by atoms with Gasteiger partial charge in [0.1, 0.15) is 6.04 Å². The summed E-state index contributed by atoms with van der Waals surface area (Å²) in [4.78, 5) is 40.3. The van der Waals surface area contributed by atoms with Crippen molar-refractivity contribution in [3.63, 3.8) is 0 Å². The average molecular weight is 401 g/mol. The van der Waals surface area contributed by atoms with Crippen molar-refractivity contribution >= 4 is 17.7 Å². The highest BCUT2D eigenvalue weighted by Gasteiger charge is 2.47. The second kappa shape index (κ2) is 10.0. The van der Waals surface area contributed by atoms with Gasteiger partial charge in [-0.25, -0.2) is 0 Å². The first-order chi connectivity index (χ1) is 14.1. The minimum Gasteiger partial charge on any atom is -0.350 e. The molecular weight excluding hydrogens is 366 g/mol. The fourth-order valence-electron chi connectivity index (χ4n) is 4.90. The summed E-state index contributed by atoms with van der Waals surface area (Å²) in [5, 5.41) is 3.04. The van der Waals surface area contributed by atoms with Gasteiger partial charge in [-0.05, 0) is 26.7 Å². The number of nitrogens with one attached hydrogen (secondary N) is 2. The van der Waals surface area contributed by atoms with Gasteiger partial charge < -0.3 is 10.2 Å². The lowest BCUT2D eigenvalue weighted by molar-refractivity contribution is -0.927. The van der Waals surface area contributed by atoms with Crippen LogP contribution in [0.5, 0.6) is 0 Å². The number of carbonyl (C=O) groups is 3. The van der Waals surface area contributed by atoms with Crippen molar-refractivity contribution in [2.24, 2.45) is 11.8 Å². The van der Waals surface area contributed by atoms with Crippen LogP contribution in [0.1, 0.15) is 57.6 Å². The lowest BCUT2D eigenvalue weighted by Crippen LogP contribution is -3.12. The van der Waals surface area contributed by atoms with Crippen LogP contribution in [0.4, 0.5) is 0 Å². The Bertz CT molecular complexity index is 693. The normalized spacial score (nSPS) is 22.7. The maximum absolute atomic E-state index is 12.6. The molecule has 1 aromatic rings. The van der Waals surface area contributed by atoms with Gasteiger partial charge in [0.05, 0.1) is 31.5 Å². The van der Waals surface area contributed by atoms with E-state index in [0.717, 1.165) is 38.8 Å². The molecule has 0 spiro atoms. The Hall–Kier alpha value is -2.21. The fraction of sp³-hybridized carbons (Fsp3) is 0.609. The highest BCUT2D eigenvalue weighted by Crippen LogP contribution is 2.37. The number of fused-ring (bicyclic) bond motifs is 1. The van der Waals surface area contributed by atoms with Gasteiger partial charge in [0.2, 0.25) is 17.7 Å². The van der Waals surface area contributed by atoms with Gasteiger partial charge in [0.25, 0.3) is 0 Å². The van der Waals surface area contributed by atoms with Crippen molar-refractivity contribution in [3.05, 3.63) is 35.9 Å². The molecule has 1 heterocycles. The topological polar surface area (TPSA) is 70.9 Å². The number of likely N-dealkylation sites (tertiary alicyclic amines) is 1. The highest BCUT2D eigenvalue weighted by atomic mass is 16.2. The molecule has 0 unspecified atom stereocenters. The van der Waals surface area contributed by atoms with Gasteiger partial charge in [-0.1, -0.05) is 43.2 Å².